The molecule has 4 rings (SSSR count). The number of halogens is 1. The summed E-state index contributed by atoms with van der Waals surface area (Å²) in [4.78, 5) is 4.42. The van der Waals surface area contributed by atoms with Crippen molar-refractivity contribution in [2.45, 2.75) is 13.8 Å². The second kappa shape index (κ2) is 6.27. The maximum atomic E-state index is 6.23. The molecular formula is C18H15ClN6O. The highest BCUT2D eigenvalue weighted by atomic mass is 35.5. The topological polar surface area (TPSA) is 95.7 Å². The van der Waals surface area contributed by atoms with Crippen molar-refractivity contribution in [2.24, 2.45) is 0 Å². The van der Waals surface area contributed by atoms with Gasteiger partial charge in [0.1, 0.15) is 0 Å². The predicted molar refractivity (Wildman–Crippen MR) is 99.0 cm³/mol. The fourth-order valence-electron chi connectivity index (χ4n) is 2.70. The smallest absolute Gasteiger partial charge is 0.282 e. The summed E-state index contributed by atoms with van der Waals surface area (Å²) in [5.74, 6) is 0.994. The van der Waals surface area contributed by atoms with Gasteiger partial charge in [-0.05, 0) is 37.1 Å². The number of rotatable bonds is 3. The third-order valence-electron chi connectivity index (χ3n) is 4.19. The van der Waals surface area contributed by atoms with Gasteiger partial charge in [-0.25, -0.2) is 0 Å². The molecule has 0 amide bonds. The molecule has 4 aromatic rings. The quantitative estimate of drug-likeness (QED) is 0.591. The van der Waals surface area contributed by atoms with Crippen molar-refractivity contribution in [3.63, 3.8) is 0 Å². The van der Waals surface area contributed by atoms with Gasteiger partial charge in [-0.15, -0.1) is 5.10 Å². The van der Waals surface area contributed by atoms with E-state index in [0.717, 1.165) is 22.4 Å². The standard InChI is InChI=1S/C18H15ClN6O/c1-10-6-3-4-7-12(10)17-21-18(26-23-17)15-16(20)25(24-22-15)14-9-5-8-13(19)11(14)2/h3-9H,20H2,1-2H3. The summed E-state index contributed by atoms with van der Waals surface area (Å²) in [5.41, 5.74) is 10.1. The molecule has 26 heavy (non-hydrogen) atoms. The molecule has 2 aromatic heterocycles. The van der Waals surface area contributed by atoms with Gasteiger partial charge in [-0.2, -0.15) is 9.67 Å². The number of hydrogen-bond donors (Lipinski definition) is 1. The highest BCUT2D eigenvalue weighted by Gasteiger charge is 2.21. The van der Waals surface area contributed by atoms with E-state index in [9.17, 15) is 0 Å². The minimum Gasteiger partial charge on any atom is -0.382 e. The predicted octanol–water partition coefficient (Wildman–Crippen LogP) is 3.84. The molecule has 2 heterocycles. The van der Waals surface area contributed by atoms with Crippen LogP contribution in [-0.4, -0.2) is 25.1 Å². The average molecular weight is 367 g/mol. The second-order valence-corrected chi connectivity index (χ2v) is 6.26. The van der Waals surface area contributed by atoms with Gasteiger partial charge in [0.2, 0.25) is 5.82 Å². The van der Waals surface area contributed by atoms with Crippen LogP contribution in [0.1, 0.15) is 11.1 Å². The van der Waals surface area contributed by atoms with E-state index in [1.165, 1.54) is 4.68 Å². The number of anilines is 1. The number of nitrogens with zero attached hydrogens (tertiary/aromatic N) is 5. The lowest BCUT2D eigenvalue weighted by molar-refractivity contribution is 0.431. The molecule has 0 spiro atoms. The Kier molecular flexibility index (Phi) is 3.93. The minimum absolute atomic E-state index is 0.215. The number of benzene rings is 2. The third-order valence-corrected chi connectivity index (χ3v) is 4.60. The first-order chi connectivity index (χ1) is 12.6. The molecule has 8 heteroatoms. The van der Waals surface area contributed by atoms with Crippen LogP contribution in [0, 0.1) is 13.8 Å². The lowest BCUT2D eigenvalue weighted by Gasteiger charge is -2.07. The Hall–Kier alpha value is -3.19. The van der Waals surface area contributed by atoms with Crippen LogP contribution in [0.25, 0.3) is 28.7 Å². The fourth-order valence-corrected chi connectivity index (χ4v) is 2.87. The lowest BCUT2D eigenvalue weighted by Crippen LogP contribution is -2.04. The van der Waals surface area contributed by atoms with E-state index in [1.807, 2.05) is 50.2 Å². The van der Waals surface area contributed by atoms with Crippen molar-refractivity contribution in [2.75, 3.05) is 5.73 Å². The van der Waals surface area contributed by atoms with Gasteiger partial charge in [0.05, 0.1) is 5.69 Å². The average Bonchev–Trinajstić information content (AvgIpc) is 3.25. The molecule has 0 aliphatic heterocycles. The van der Waals surface area contributed by atoms with Gasteiger partial charge < -0.3 is 10.3 Å². The molecule has 0 bridgehead atoms. The summed E-state index contributed by atoms with van der Waals surface area (Å²) in [6.45, 7) is 3.87. The largest absolute Gasteiger partial charge is 0.382 e. The Morgan fingerprint density at radius 1 is 1.08 bits per heavy atom. The number of nitrogen functional groups attached to an aromatic ring is 1. The highest BCUT2D eigenvalue weighted by Crippen LogP contribution is 2.29. The van der Waals surface area contributed by atoms with E-state index < -0.39 is 0 Å². The van der Waals surface area contributed by atoms with E-state index in [1.54, 1.807) is 6.07 Å². The molecule has 2 N–H and O–H groups in total. The van der Waals surface area contributed by atoms with Gasteiger partial charge >= 0.3 is 0 Å². The van der Waals surface area contributed by atoms with Gasteiger partial charge in [-0.1, -0.05) is 52.3 Å². The summed E-state index contributed by atoms with van der Waals surface area (Å²) >= 11 is 6.18. The normalized spacial score (nSPS) is 11.0. The van der Waals surface area contributed by atoms with Crippen molar-refractivity contribution < 1.29 is 4.52 Å². The minimum atomic E-state index is 0.215. The summed E-state index contributed by atoms with van der Waals surface area (Å²) in [6, 6.07) is 13.3. The van der Waals surface area contributed by atoms with Crippen LogP contribution in [0.4, 0.5) is 5.82 Å². The molecule has 130 valence electrons. The molecule has 0 radical (unpaired) electrons. The van der Waals surface area contributed by atoms with Gasteiger partial charge in [0, 0.05) is 10.6 Å². The molecule has 0 saturated carbocycles. The monoisotopic (exact) mass is 366 g/mol. The zero-order valence-corrected chi connectivity index (χ0v) is 14.9. The SMILES string of the molecule is Cc1ccccc1-c1noc(-c2nnn(-c3cccc(Cl)c3C)c2N)n1. The van der Waals surface area contributed by atoms with Crippen LogP contribution in [0.3, 0.4) is 0 Å². The third kappa shape index (κ3) is 2.62. The molecule has 0 fully saturated rings. The van der Waals surface area contributed by atoms with Gasteiger partial charge in [0.15, 0.2) is 11.5 Å². The lowest BCUT2D eigenvalue weighted by atomic mass is 10.1. The summed E-state index contributed by atoms with van der Waals surface area (Å²) in [7, 11) is 0. The number of hydrogen-bond acceptors (Lipinski definition) is 6. The first kappa shape index (κ1) is 16.3. The summed E-state index contributed by atoms with van der Waals surface area (Å²) in [6.07, 6.45) is 0. The Morgan fingerprint density at radius 2 is 1.88 bits per heavy atom. The number of nitrogens with two attached hydrogens (primary N) is 1. The van der Waals surface area contributed by atoms with E-state index in [0.29, 0.717) is 22.4 Å². The molecule has 2 aromatic carbocycles. The molecule has 0 saturated heterocycles. The van der Waals surface area contributed by atoms with Crippen molar-refractivity contribution in [3.8, 4) is 28.7 Å². The number of aryl methyl sites for hydroxylation is 1. The first-order valence-electron chi connectivity index (χ1n) is 7.93. The van der Waals surface area contributed by atoms with Crippen molar-refractivity contribution >= 4 is 17.4 Å². The van der Waals surface area contributed by atoms with Crippen LogP contribution in [0.15, 0.2) is 47.0 Å². The Balaban J connectivity index is 1.76. The van der Waals surface area contributed by atoms with Crippen LogP contribution in [0.2, 0.25) is 5.02 Å². The molecule has 0 aliphatic rings. The van der Waals surface area contributed by atoms with E-state index in [2.05, 4.69) is 20.5 Å². The van der Waals surface area contributed by atoms with E-state index in [-0.39, 0.29) is 5.89 Å². The zero-order chi connectivity index (χ0) is 18.3. The fraction of sp³-hybridized carbons (Fsp3) is 0.111. The molecule has 0 unspecified atom stereocenters. The Bertz CT molecular complexity index is 1100. The molecule has 0 atom stereocenters. The van der Waals surface area contributed by atoms with Crippen LogP contribution in [-0.2, 0) is 0 Å². The second-order valence-electron chi connectivity index (χ2n) is 5.86. The zero-order valence-electron chi connectivity index (χ0n) is 14.1. The summed E-state index contributed by atoms with van der Waals surface area (Å²) in [5, 5.41) is 12.9. The molecule has 0 aliphatic carbocycles. The van der Waals surface area contributed by atoms with Crippen molar-refractivity contribution in [1.29, 1.82) is 0 Å². The van der Waals surface area contributed by atoms with Crippen LogP contribution >= 0.6 is 11.6 Å². The van der Waals surface area contributed by atoms with Crippen LogP contribution < -0.4 is 5.73 Å². The van der Waals surface area contributed by atoms with Gasteiger partial charge in [0.25, 0.3) is 5.89 Å². The molecular weight excluding hydrogens is 352 g/mol. The first-order valence-corrected chi connectivity index (χ1v) is 8.31. The Labute approximate surface area is 154 Å². The Morgan fingerprint density at radius 3 is 2.69 bits per heavy atom. The van der Waals surface area contributed by atoms with Crippen molar-refractivity contribution in [1.82, 2.24) is 25.1 Å². The number of aromatic nitrogens is 5. The molecule has 7 nitrogen and oxygen atoms in total. The maximum Gasteiger partial charge on any atom is 0.282 e. The van der Waals surface area contributed by atoms with E-state index in [4.69, 9.17) is 21.9 Å². The maximum absolute atomic E-state index is 6.23. The highest BCUT2D eigenvalue weighted by molar-refractivity contribution is 6.31. The van der Waals surface area contributed by atoms with Gasteiger partial charge in [-0.3, -0.25) is 0 Å². The van der Waals surface area contributed by atoms with E-state index >= 15 is 0 Å². The van der Waals surface area contributed by atoms with Crippen LogP contribution in [0.5, 0.6) is 0 Å². The van der Waals surface area contributed by atoms with Crippen molar-refractivity contribution in [3.05, 3.63) is 58.6 Å². The summed E-state index contributed by atoms with van der Waals surface area (Å²) < 4.78 is 6.87.